The predicted molar refractivity (Wildman–Crippen MR) is 60.5 cm³/mol. The van der Waals surface area contributed by atoms with Crippen molar-refractivity contribution in [1.82, 2.24) is 5.32 Å². The summed E-state index contributed by atoms with van der Waals surface area (Å²) >= 11 is 0. The number of carbonyl (C=O) groups is 1. The average Bonchev–Trinajstić information content (AvgIpc) is 2.29. The maximum Gasteiger partial charge on any atom is 0.422 e. The van der Waals surface area contributed by atoms with E-state index in [2.05, 4.69) is 15.4 Å². The maximum absolute atomic E-state index is 13.0. The normalized spacial score (nSPS) is 11.2. The molecule has 0 saturated heterocycles. The molecule has 0 aliphatic rings. The molecule has 0 spiro atoms. The summed E-state index contributed by atoms with van der Waals surface area (Å²) in [4.78, 5) is 11.3. The zero-order valence-corrected chi connectivity index (χ0v) is 9.97. The third kappa shape index (κ3) is 5.56. The topological polar surface area (TPSA) is 50.4 Å². The zero-order chi connectivity index (χ0) is 14.5. The lowest BCUT2D eigenvalue weighted by Gasteiger charge is -2.14. The first kappa shape index (κ1) is 15.2. The number of halogens is 4. The minimum absolute atomic E-state index is 0.0223. The van der Waals surface area contributed by atoms with Crippen LogP contribution in [0.2, 0.25) is 0 Å². The van der Waals surface area contributed by atoms with Gasteiger partial charge < -0.3 is 15.4 Å². The molecule has 0 saturated carbocycles. The minimum atomic E-state index is -4.54. The van der Waals surface area contributed by atoms with Crippen LogP contribution in [0.1, 0.15) is 0 Å². The number of benzene rings is 1. The Morgan fingerprint density at radius 1 is 1.37 bits per heavy atom. The van der Waals surface area contributed by atoms with Crippen LogP contribution in [0.4, 0.5) is 23.2 Å². The number of nitrogens with one attached hydrogen (secondary N) is 2. The maximum atomic E-state index is 13.0. The Balaban J connectivity index is 2.82. The van der Waals surface area contributed by atoms with Crippen LogP contribution in [-0.2, 0) is 4.79 Å². The highest BCUT2D eigenvalue weighted by atomic mass is 19.4. The van der Waals surface area contributed by atoms with Crippen LogP contribution in [0.15, 0.2) is 18.2 Å². The first-order valence-electron chi connectivity index (χ1n) is 5.25. The van der Waals surface area contributed by atoms with Gasteiger partial charge in [0.25, 0.3) is 0 Å². The number of amides is 1. The Morgan fingerprint density at radius 3 is 2.63 bits per heavy atom. The molecule has 4 nitrogen and oxygen atoms in total. The van der Waals surface area contributed by atoms with Crippen LogP contribution >= 0.6 is 0 Å². The van der Waals surface area contributed by atoms with Gasteiger partial charge in [-0.3, -0.25) is 4.79 Å². The summed E-state index contributed by atoms with van der Waals surface area (Å²) < 4.78 is 53.5. The van der Waals surface area contributed by atoms with Crippen molar-refractivity contribution in [3.8, 4) is 5.75 Å². The van der Waals surface area contributed by atoms with E-state index in [0.29, 0.717) is 0 Å². The van der Waals surface area contributed by atoms with Crippen molar-refractivity contribution in [3.63, 3.8) is 0 Å². The van der Waals surface area contributed by atoms with E-state index in [0.717, 1.165) is 18.2 Å². The molecular weight excluding hydrogens is 268 g/mol. The molecule has 0 aliphatic heterocycles. The number of rotatable bonds is 5. The molecule has 0 bridgehead atoms. The lowest BCUT2D eigenvalue weighted by molar-refractivity contribution is -0.153. The molecule has 1 aromatic carbocycles. The van der Waals surface area contributed by atoms with Crippen molar-refractivity contribution in [3.05, 3.63) is 24.0 Å². The summed E-state index contributed by atoms with van der Waals surface area (Å²) in [7, 11) is 1.53. The van der Waals surface area contributed by atoms with Gasteiger partial charge in [0.15, 0.2) is 6.61 Å². The van der Waals surface area contributed by atoms with Crippen LogP contribution in [0, 0.1) is 5.82 Å². The zero-order valence-electron chi connectivity index (χ0n) is 9.97. The van der Waals surface area contributed by atoms with Crippen LogP contribution in [0.25, 0.3) is 0 Å². The molecule has 106 valence electrons. The van der Waals surface area contributed by atoms with Gasteiger partial charge in [-0.1, -0.05) is 0 Å². The molecule has 0 aliphatic carbocycles. The lowest BCUT2D eigenvalue weighted by Crippen LogP contribution is -2.26. The molecule has 0 heterocycles. The summed E-state index contributed by atoms with van der Waals surface area (Å²) in [5.74, 6) is -1.61. The first-order valence-corrected chi connectivity index (χ1v) is 5.25. The van der Waals surface area contributed by atoms with E-state index in [1.807, 2.05) is 0 Å². The Morgan fingerprint density at radius 2 is 2.05 bits per heavy atom. The fourth-order valence-corrected chi connectivity index (χ4v) is 1.23. The third-order valence-electron chi connectivity index (χ3n) is 1.95. The smallest absolute Gasteiger partial charge is 0.422 e. The quantitative estimate of drug-likeness (QED) is 0.810. The summed E-state index contributed by atoms with van der Waals surface area (Å²) in [5.41, 5.74) is -0.0223. The molecule has 0 atom stereocenters. The summed E-state index contributed by atoms with van der Waals surface area (Å²) in [5, 5.41) is 4.88. The number of hydrogen-bond donors (Lipinski definition) is 2. The second kappa shape index (κ2) is 6.37. The Bertz CT molecular complexity index is 449. The van der Waals surface area contributed by atoms with Crippen molar-refractivity contribution >= 4 is 11.6 Å². The molecule has 0 unspecified atom stereocenters. The minimum Gasteiger partial charge on any atom is -0.482 e. The van der Waals surface area contributed by atoms with Gasteiger partial charge in [-0.2, -0.15) is 13.2 Å². The van der Waals surface area contributed by atoms with Crippen molar-refractivity contribution in [2.24, 2.45) is 0 Å². The number of hydrogen-bond acceptors (Lipinski definition) is 3. The van der Waals surface area contributed by atoms with Crippen LogP contribution in [0.3, 0.4) is 0 Å². The molecule has 8 heteroatoms. The highest BCUT2D eigenvalue weighted by molar-refractivity contribution is 5.93. The number of anilines is 1. The molecule has 1 amide bonds. The van der Waals surface area contributed by atoms with Gasteiger partial charge in [-0.25, -0.2) is 4.39 Å². The van der Waals surface area contributed by atoms with E-state index in [-0.39, 0.29) is 18.0 Å². The SMILES string of the molecule is CNCC(=O)Nc1ccc(F)cc1OCC(F)(F)F. The third-order valence-corrected chi connectivity index (χ3v) is 1.95. The summed E-state index contributed by atoms with van der Waals surface area (Å²) in [6.45, 7) is -1.60. The van der Waals surface area contributed by atoms with Crippen LogP contribution in [0.5, 0.6) is 5.75 Å². The Labute approximate surface area is 106 Å². The highest BCUT2D eigenvalue weighted by Gasteiger charge is 2.29. The van der Waals surface area contributed by atoms with Gasteiger partial charge in [0, 0.05) is 6.07 Å². The van der Waals surface area contributed by atoms with Crippen molar-refractivity contribution in [2.75, 3.05) is 25.5 Å². The van der Waals surface area contributed by atoms with Gasteiger partial charge in [0.2, 0.25) is 5.91 Å². The predicted octanol–water partition coefficient (Wildman–Crippen LogP) is 1.92. The fourth-order valence-electron chi connectivity index (χ4n) is 1.23. The Hall–Kier alpha value is -1.83. The van der Waals surface area contributed by atoms with Crippen molar-refractivity contribution < 1.29 is 27.1 Å². The molecule has 1 rings (SSSR count). The average molecular weight is 280 g/mol. The van der Waals surface area contributed by atoms with Gasteiger partial charge in [0.1, 0.15) is 11.6 Å². The molecule has 0 fully saturated rings. The molecule has 2 N–H and O–H groups in total. The van der Waals surface area contributed by atoms with E-state index in [1.165, 1.54) is 7.05 Å². The standard InChI is InChI=1S/C11H12F4N2O2/c1-16-5-10(18)17-8-3-2-7(12)4-9(8)19-6-11(13,14)15/h2-4,16H,5-6H2,1H3,(H,17,18). The first-order chi connectivity index (χ1) is 8.81. The van der Waals surface area contributed by atoms with E-state index in [1.54, 1.807) is 0 Å². The Kier molecular flexibility index (Phi) is 5.11. The monoisotopic (exact) mass is 280 g/mol. The number of likely N-dealkylation sites (N-methyl/N-ethyl adjacent to an activating group) is 1. The van der Waals surface area contributed by atoms with Gasteiger partial charge in [-0.15, -0.1) is 0 Å². The second-order valence-corrected chi connectivity index (χ2v) is 3.62. The van der Waals surface area contributed by atoms with E-state index < -0.39 is 24.5 Å². The van der Waals surface area contributed by atoms with E-state index >= 15 is 0 Å². The second-order valence-electron chi connectivity index (χ2n) is 3.62. The van der Waals surface area contributed by atoms with Gasteiger partial charge in [-0.05, 0) is 19.2 Å². The fraction of sp³-hybridized carbons (Fsp3) is 0.364. The highest BCUT2D eigenvalue weighted by Crippen LogP contribution is 2.27. The number of ether oxygens (including phenoxy) is 1. The molecule has 0 aromatic heterocycles. The van der Waals surface area contributed by atoms with Crippen LogP contribution in [-0.4, -0.2) is 32.3 Å². The summed E-state index contributed by atoms with van der Waals surface area (Å²) in [6, 6.07) is 2.92. The van der Waals surface area contributed by atoms with Crippen molar-refractivity contribution in [2.45, 2.75) is 6.18 Å². The van der Waals surface area contributed by atoms with E-state index in [9.17, 15) is 22.4 Å². The number of alkyl halides is 3. The van der Waals surface area contributed by atoms with Crippen LogP contribution < -0.4 is 15.4 Å². The molecule has 1 aromatic rings. The molecule has 0 radical (unpaired) electrons. The van der Waals surface area contributed by atoms with Crippen molar-refractivity contribution in [1.29, 1.82) is 0 Å². The molecular formula is C11H12F4N2O2. The number of carbonyl (C=O) groups excluding carboxylic acids is 1. The van der Waals surface area contributed by atoms with E-state index in [4.69, 9.17) is 0 Å². The van der Waals surface area contributed by atoms with Gasteiger partial charge >= 0.3 is 6.18 Å². The van der Waals surface area contributed by atoms with Gasteiger partial charge in [0.05, 0.1) is 12.2 Å². The molecule has 19 heavy (non-hydrogen) atoms. The largest absolute Gasteiger partial charge is 0.482 e. The lowest BCUT2D eigenvalue weighted by atomic mass is 10.2. The summed E-state index contributed by atoms with van der Waals surface area (Å²) in [6.07, 6.45) is -4.54.